The lowest BCUT2D eigenvalue weighted by molar-refractivity contribution is -0.119. The summed E-state index contributed by atoms with van der Waals surface area (Å²) in [5.41, 5.74) is 0. The molecule has 102 valence electrons. The highest BCUT2D eigenvalue weighted by Crippen LogP contribution is 2.26. The van der Waals surface area contributed by atoms with Gasteiger partial charge in [-0.3, -0.25) is 0 Å². The molecule has 1 aromatic heterocycles. The predicted octanol–water partition coefficient (Wildman–Crippen LogP) is 2.95. The third-order valence-electron chi connectivity index (χ3n) is 2.04. The largest absolute Gasteiger partial charge is 0.405 e. The molecular weight excluding hydrogens is 269 g/mol. The molecule has 1 rings (SSSR count). The van der Waals surface area contributed by atoms with Crippen LogP contribution >= 0.6 is 11.6 Å². The van der Waals surface area contributed by atoms with Crippen LogP contribution in [0.3, 0.4) is 0 Å². The molecule has 0 aliphatic carbocycles. The maximum absolute atomic E-state index is 12.3. The van der Waals surface area contributed by atoms with Gasteiger partial charge in [0.2, 0.25) is 5.95 Å². The van der Waals surface area contributed by atoms with Crippen LogP contribution in [0.15, 0.2) is 6.20 Å². The third-order valence-corrected chi connectivity index (χ3v) is 2.30. The summed E-state index contributed by atoms with van der Waals surface area (Å²) in [7, 11) is 1.28. The Morgan fingerprint density at radius 2 is 2.11 bits per heavy atom. The first kappa shape index (κ1) is 14.8. The van der Waals surface area contributed by atoms with Gasteiger partial charge in [0.15, 0.2) is 5.82 Å². The Morgan fingerprint density at radius 3 is 2.67 bits per heavy atom. The summed E-state index contributed by atoms with van der Waals surface area (Å²) in [4.78, 5) is 8.80. The van der Waals surface area contributed by atoms with Gasteiger partial charge >= 0.3 is 6.18 Å². The number of hydrogen-bond acceptors (Lipinski definition) is 4. The third kappa shape index (κ3) is 4.56. The molecule has 0 bridgehead atoms. The Bertz CT molecular complexity index is 397. The molecule has 8 heteroatoms. The highest BCUT2D eigenvalue weighted by atomic mass is 35.5. The van der Waals surface area contributed by atoms with Crippen molar-refractivity contribution in [2.24, 2.45) is 0 Å². The van der Waals surface area contributed by atoms with E-state index >= 15 is 0 Å². The van der Waals surface area contributed by atoms with E-state index in [2.05, 4.69) is 15.3 Å². The van der Waals surface area contributed by atoms with E-state index in [9.17, 15) is 13.2 Å². The molecule has 0 amide bonds. The van der Waals surface area contributed by atoms with Crippen LogP contribution < -0.4 is 10.2 Å². The molecule has 0 aromatic carbocycles. The van der Waals surface area contributed by atoms with Gasteiger partial charge in [-0.15, -0.1) is 0 Å². The Labute approximate surface area is 108 Å². The van der Waals surface area contributed by atoms with Gasteiger partial charge in [-0.1, -0.05) is 18.5 Å². The van der Waals surface area contributed by atoms with Crippen molar-refractivity contribution in [1.82, 2.24) is 9.97 Å². The van der Waals surface area contributed by atoms with Gasteiger partial charge in [-0.2, -0.15) is 18.2 Å². The average Bonchev–Trinajstić information content (AvgIpc) is 2.25. The van der Waals surface area contributed by atoms with Gasteiger partial charge in [-0.05, 0) is 6.42 Å². The summed E-state index contributed by atoms with van der Waals surface area (Å²) < 4.78 is 36.8. The monoisotopic (exact) mass is 282 g/mol. The predicted molar refractivity (Wildman–Crippen MR) is 65.1 cm³/mol. The van der Waals surface area contributed by atoms with E-state index in [0.29, 0.717) is 6.54 Å². The summed E-state index contributed by atoms with van der Waals surface area (Å²) in [6.45, 7) is 1.49. The molecule has 1 heterocycles. The van der Waals surface area contributed by atoms with Crippen LogP contribution in [0.5, 0.6) is 0 Å². The van der Waals surface area contributed by atoms with Gasteiger partial charge in [0, 0.05) is 13.6 Å². The summed E-state index contributed by atoms with van der Waals surface area (Å²) >= 11 is 5.79. The van der Waals surface area contributed by atoms with Crippen molar-refractivity contribution < 1.29 is 13.2 Å². The van der Waals surface area contributed by atoms with E-state index in [1.807, 2.05) is 6.92 Å². The second-order valence-electron chi connectivity index (χ2n) is 3.76. The molecule has 0 saturated carbocycles. The van der Waals surface area contributed by atoms with Crippen molar-refractivity contribution in [2.75, 3.05) is 30.4 Å². The normalized spacial score (nSPS) is 11.4. The Kier molecular flexibility index (Phi) is 5.01. The molecule has 0 atom stereocenters. The van der Waals surface area contributed by atoms with E-state index in [1.54, 1.807) is 0 Å². The van der Waals surface area contributed by atoms with E-state index in [0.717, 1.165) is 11.3 Å². The van der Waals surface area contributed by atoms with Gasteiger partial charge < -0.3 is 10.2 Å². The molecule has 0 unspecified atom stereocenters. The number of halogens is 4. The minimum Gasteiger partial charge on any atom is -0.354 e. The van der Waals surface area contributed by atoms with Crippen LogP contribution in [0.25, 0.3) is 0 Å². The van der Waals surface area contributed by atoms with Gasteiger partial charge in [0.25, 0.3) is 0 Å². The number of rotatable bonds is 5. The van der Waals surface area contributed by atoms with Crippen LogP contribution in [0.1, 0.15) is 13.3 Å². The molecule has 1 aromatic rings. The van der Waals surface area contributed by atoms with Gasteiger partial charge in [0.05, 0.1) is 6.20 Å². The van der Waals surface area contributed by atoms with E-state index in [1.165, 1.54) is 13.2 Å². The lowest BCUT2D eigenvalue weighted by atomic mass is 10.4. The van der Waals surface area contributed by atoms with Crippen molar-refractivity contribution in [2.45, 2.75) is 19.5 Å². The SMILES string of the molecule is CCCNc1ncc(Cl)c(N(C)CC(F)(F)F)n1. The van der Waals surface area contributed by atoms with Crippen molar-refractivity contribution >= 4 is 23.4 Å². The van der Waals surface area contributed by atoms with Gasteiger partial charge in [-0.25, -0.2) is 4.98 Å². The lowest BCUT2D eigenvalue weighted by Gasteiger charge is -2.21. The average molecular weight is 283 g/mol. The van der Waals surface area contributed by atoms with Crippen LogP contribution in [0.2, 0.25) is 5.02 Å². The smallest absolute Gasteiger partial charge is 0.354 e. The molecular formula is C10H14ClF3N4. The van der Waals surface area contributed by atoms with Crippen molar-refractivity contribution in [3.63, 3.8) is 0 Å². The van der Waals surface area contributed by atoms with Crippen molar-refractivity contribution in [1.29, 1.82) is 0 Å². The minimum atomic E-state index is -4.31. The van der Waals surface area contributed by atoms with E-state index in [4.69, 9.17) is 11.6 Å². The van der Waals surface area contributed by atoms with Crippen LogP contribution in [0, 0.1) is 0 Å². The van der Waals surface area contributed by atoms with Crippen molar-refractivity contribution in [3.05, 3.63) is 11.2 Å². The standard InChI is InChI=1S/C10H14ClF3N4/c1-3-4-15-9-16-5-7(11)8(17-9)18(2)6-10(12,13)14/h5H,3-4,6H2,1-2H3,(H,15,16,17). The zero-order valence-electron chi connectivity index (χ0n) is 10.1. The number of anilines is 2. The number of alkyl halides is 3. The molecule has 0 aliphatic heterocycles. The summed E-state index contributed by atoms with van der Waals surface area (Å²) in [5, 5.41) is 2.98. The fourth-order valence-corrected chi connectivity index (χ4v) is 1.53. The summed E-state index contributed by atoms with van der Waals surface area (Å²) in [6, 6.07) is 0. The zero-order valence-corrected chi connectivity index (χ0v) is 10.8. The molecule has 0 saturated heterocycles. The highest BCUT2D eigenvalue weighted by molar-refractivity contribution is 6.32. The Morgan fingerprint density at radius 1 is 1.44 bits per heavy atom. The molecule has 4 nitrogen and oxygen atoms in total. The van der Waals surface area contributed by atoms with E-state index < -0.39 is 12.7 Å². The zero-order chi connectivity index (χ0) is 13.8. The lowest BCUT2D eigenvalue weighted by Crippen LogP contribution is -2.31. The topological polar surface area (TPSA) is 41.1 Å². The molecule has 1 N–H and O–H groups in total. The number of aromatic nitrogens is 2. The fraction of sp³-hybridized carbons (Fsp3) is 0.600. The van der Waals surface area contributed by atoms with Gasteiger partial charge in [0.1, 0.15) is 11.6 Å². The first-order valence-corrected chi connectivity index (χ1v) is 5.75. The molecule has 18 heavy (non-hydrogen) atoms. The summed E-state index contributed by atoms with van der Waals surface area (Å²) in [5.74, 6) is 0.327. The first-order valence-electron chi connectivity index (χ1n) is 5.37. The Hall–Kier alpha value is -1.24. The maximum atomic E-state index is 12.3. The Balaban J connectivity index is 2.86. The molecule has 0 radical (unpaired) electrons. The van der Waals surface area contributed by atoms with E-state index in [-0.39, 0.29) is 16.8 Å². The van der Waals surface area contributed by atoms with Crippen LogP contribution in [-0.2, 0) is 0 Å². The first-order chi connectivity index (χ1) is 8.33. The summed E-state index contributed by atoms with van der Waals surface area (Å²) in [6.07, 6.45) is -2.16. The van der Waals surface area contributed by atoms with Crippen LogP contribution in [0.4, 0.5) is 24.9 Å². The molecule has 0 spiro atoms. The minimum absolute atomic E-state index is 0.0580. The second-order valence-corrected chi connectivity index (χ2v) is 4.17. The second kappa shape index (κ2) is 6.08. The number of nitrogens with zero attached hydrogens (tertiary/aromatic N) is 3. The fourth-order valence-electron chi connectivity index (χ4n) is 1.29. The number of nitrogens with one attached hydrogen (secondary N) is 1. The molecule has 0 aliphatic rings. The highest BCUT2D eigenvalue weighted by Gasteiger charge is 2.30. The quantitative estimate of drug-likeness (QED) is 0.901. The molecule has 0 fully saturated rings. The van der Waals surface area contributed by atoms with Crippen LogP contribution in [-0.4, -0.2) is 36.3 Å². The maximum Gasteiger partial charge on any atom is 0.405 e. The van der Waals surface area contributed by atoms with Crippen molar-refractivity contribution in [3.8, 4) is 0 Å². The number of hydrogen-bond donors (Lipinski definition) is 1.